The molecular weight excluding hydrogens is 457 g/mol. The quantitative estimate of drug-likeness (QED) is 0.505. The third kappa shape index (κ3) is 7.23. The minimum atomic E-state index is -3.82. The van der Waals surface area contributed by atoms with Gasteiger partial charge in [0.2, 0.25) is 10.0 Å². The Hall–Kier alpha value is -3.04. The molecular formula is C25H30FN3O4S. The first-order chi connectivity index (χ1) is 15.9. The lowest BCUT2D eigenvalue weighted by Crippen LogP contribution is -2.46. The van der Waals surface area contributed by atoms with Gasteiger partial charge in [0.15, 0.2) is 0 Å². The molecule has 2 aromatic carbocycles. The Morgan fingerprint density at radius 2 is 1.82 bits per heavy atom. The fourth-order valence-electron chi connectivity index (χ4n) is 3.43. The lowest BCUT2D eigenvalue weighted by molar-refractivity contribution is 0.0241. The standard InChI is InChI=1S/C25H30FN3O4S/c1-18(28-34(31,32)23-10-7-21-16-27-13-11-20(21)15-23)17-29(24(30)33-25(2,3)4)14-12-19-5-8-22(26)9-6-19/h5-11,13,15-16,18,28H,12,14,17H2,1-4H3. The van der Waals surface area contributed by atoms with Crippen molar-refractivity contribution in [1.29, 1.82) is 0 Å². The molecule has 1 atom stereocenters. The van der Waals surface area contributed by atoms with Crippen LogP contribution in [-0.4, -0.2) is 49.1 Å². The second-order valence-electron chi connectivity index (χ2n) is 9.21. The van der Waals surface area contributed by atoms with Crippen molar-refractivity contribution in [2.45, 2.75) is 50.7 Å². The number of carbonyl (C=O) groups excluding carboxylic acids is 1. The molecule has 1 heterocycles. The molecule has 3 rings (SSSR count). The predicted molar refractivity (Wildman–Crippen MR) is 129 cm³/mol. The van der Waals surface area contributed by atoms with Gasteiger partial charge in [0.1, 0.15) is 11.4 Å². The number of pyridine rings is 1. The Kier molecular flexibility index (Phi) is 7.89. The summed E-state index contributed by atoms with van der Waals surface area (Å²) >= 11 is 0. The van der Waals surface area contributed by atoms with Crippen LogP contribution in [0, 0.1) is 5.82 Å². The Labute approximate surface area is 200 Å². The van der Waals surface area contributed by atoms with E-state index in [1.54, 1.807) is 70.4 Å². The molecule has 1 unspecified atom stereocenters. The Morgan fingerprint density at radius 3 is 2.50 bits per heavy atom. The van der Waals surface area contributed by atoms with Gasteiger partial charge in [-0.1, -0.05) is 18.2 Å². The number of aromatic nitrogens is 1. The topological polar surface area (TPSA) is 88.6 Å². The van der Waals surface area contributed by atoms with Crippen molar-refractivity contribution >= 4 is 26.9 Å². The Bertz CT molecular complexity index is 1240. The fourth-order valence-corrected chi connectivity index (χ4v) is 4.70. The highest BCUT2D eigenvalue weighted by Gasteiger charge is 2.25. The lowest BCUT2D eigenvalue weighted by Gasteiger charge is -2.29. The van der Waals surface area contributed by atoms with Crippen LogP contribution in [0.2, 0.25) is 0 Å². The number of amides is 1. The number of rotatable bonds is 8. The molecule has 0 aliphatic rings. The largest absolute Gasteiger partial charge is 0.444 e. The minimum Gasteiger partial charge on any atom is -0.444 e. The number of nitrogens with one attached hydrogen (secondary N) is 1. The molecule has 0 radical (unpaired) electrons. The first kappa shape index (κ1) is 25.6. The summed E-state index contributed by atoms with van der Waals surface area (Å²) in [5.41, 5.74) is 0.155. The third-order valence-corrected chi connectivity index (χ3v) is 6.60. The fraction of sp³-hybridized carbons (Fsp3) is 0.360. The molecule has 1 aromatic heterocycles. The van der Waals surface area contributed by atoms with Gasteiger partial charge in [-0.05, 0) is 75.4 Å². The van der Waals surface area contributed by atoms with E-state index >= 15 is 0 Å². The van der Waals surface area contributed by atoms with E-state index in [1.807, 2.05) is 0 Å². The summed E-state index contributed by atoms with van der Waals surface area (Å²) in [5.74, 6) is -0.333. The predicted octanol–water partition coefficient (Wildman–Crippen LogP) is 4.52. The molecule has 0 saturated carbocycles. The SMILES string of the molecule is CC(CN(CCc1ccc(F)cc1)C(=O)OC(C)(C)C)NS(=O)(=O)c1ccc2cnccc2c1. The molecule has 3 aromatic rings. The van der Waals surface area contributed by atoms with E-state index in [4.69, 9.17) is 4.74 Å². The van der Waals surface area contributed by atoms with Gasteiger partial charge in [0, 0.05) is 36.9 Å². The molecule has 0 bridgehead atoms. The number of fused-ring (bicyclic) bond motifs is 1. The van der Waals surface area contributed by atoms with Gasteiger partial charge in [-0.3, -0.25) is 4.98 Å². The van der Waals surface area contributed by atoms with Crippen molar-refractivity contribution in [2.24, 2.45) is 0 Å². The maximum Gasteiger partial charge on any atom is 0.410 e. The maximum atomic E-state index is 13.2. The normalized spacial score (nSPS) is 13.0. The molecule has 1 amide bonds. The zero-order chi connectivity index (χ0) is 24.9. The Balaban J connectivity index is 1.72. The highest BCUT2D eigenvalue weighted by atomic mass is 32.2. The van der Waals surface area contributed by atoms with Gasteiger partial charge in [-0.25, -0.2) is 22.3 Å². The maximum absolute atomic E-state index is 13.2. The number of halogens is 1. The van der Waals surface area contributed by atoms with E-state index in [0.717, 1.165) is 16.3 Å². The Morgan fingerprint density at radius 1 is 1.12 bits per heavy atom. The second-order valence-corrected chi connectivity index (χ2v) is 10.9. The van der Waals surface area contributed by atoms with E-state index in [-0.39, 0.29) is 23.8 Å². The number of ether oxygens (including phenoxy) is 1. The van der Waals surface area contributed by atoms with Gasteiger partial charge in [-0.15, -0.1) is 0 Å². The summed E-state index contributed by atoms with van der Waals surface area (Å²) in [6.45, 7) is 7.39. The molecule has 7 nitrogen and oxygen atoms in total. The summed E-state index contributed by atoms with van der Waals surface area (Å²) in [6.07, 6.45) is 3.20. The van der Waals surface area contributed by atoms with Crippen molar-refractivity contribution in [3.8, 4) is 0 Å². The molecule has 9 heteroatoms. The van der Waals surface area contributed by atoms with Crippen molar-refractivity contribution < 1.29 is 22.3 Å². The average Bonchev–Trinajstić information content (AvgIpc) is 2.75. The van der Waals surface area contributed by atoms with Crippen molar-refractivity contribution in [3.05, 3.63) is 72.3 Å². The number of hydrogen-bond acceptors (Lipinski definition) is 5. The van der Waals surface area contributed by atoms with Crippen molar-refractivity contribution in [3.63, 3.8) is 0 Å². The van der Waals surface area contributed by atoms with Crippen LogP contribution in [0.1, 0.15) is 33.3 Å². The van der Waals surface area contributed by atoms with Gasteiger partial charge in [0.05, 0.1) is 4.90 Å². The lowest BCUT2D eigenvalue weighted by atomic mass is 10.1. The third-order valence-electron chi connectivity index (χ3n) is 5.01. The van der Waals surface area contributed by atoms with Crippen LogP contribution in [0.5, 0.6) is 0 Å². The zero-order valence-electron chi connectivity index (χ0n) is 19.8. The van der Waals surface area contributed by atoms with Crippen molar-refractivity contribution in [2.75, 3.05) is 13.1 Å². The van der Waals surface area contributed by atoms with Gasteiger partial charge in [-0.2, -0.15) is 0 Å². The molecule has 0 fully saturated rings. The second kappa shape index (κ2) is 10.5. The van der Waals surface area contributed by atoms with Crippen LogP contribution in [0.3, 0.4) is 0 Å². The highest BCUT2D eigenvalue weighted by molar-refractivity contribution is 7.89. The number of nitrogens with zero attached hydrogens (tertiary/aromatic N) is 2. The molecule has 0 saturated heterocycles. The first-order valence-corrected chi connectivity index (χ1v) is 12.5. The number of carbonyl (C=O) groups is 1. The van der Waals surface area contributed by atoms with Crippen LogP contribution < -0.4 is 4.72 Å². The summed E-state index contributed by atoms with van der Waals surface area (Å²) in [7, 11) is -3.82. The van der Waals surface area contributed by atoms with E-state index in [1.165, 1.54) is 23.1 Å². The van der Waals surface area contributed by atoms with Crippen LogP contribution >= 0.6 is 0 Å². The molecule has 182 valence electrons. The van der Waals surface area contributed by atoms with E-state index in [9.17, 15) is 17.6 Å². The summed E-state index contributed by atoms with van der Waals surface area (Å²) in [5, 5.41) is 1.60. The molecule has 0 aliphatic heterocycles. The number of hydrogen-bond donors (Lipinski definition) is 1. The highest BCUT2D eigenvalue weighted by Crippen LogP contribution is 2.19. The molecule has 0 spiro atoms. The molecule has 34 heavy (non-hydrogen) atoms. The minimum absolute atomic E-state index is 0.104. The van der Waals surface area contributed by atoms with Crippen LogP contribution in [0.25, 0.3) is 10.8 Å². The monoisotopic (exact) mass is 487 g/mol. The van der Waals surface area contributed by atoms with E-state index in [2.05, 4.69) is 9.71 Å². The molecule has 0 aliphatic carbocycles. The number of sulfonamides is 1. The smallest absolute Gasteiger partial charge is 0.410 e. The summed E-state index contributed by atoms with van der Waals surface area (Å²) in [4.78, 5) is 18.4. The average molecular weight is 488 g/mol. The van der Waals surface area contributed by atoms with Gasteiger partial charge in [0.25, 0.3) is 0 Å². The van der Waals surface area contributed by atoms with Gasteiger partial charge < -0.3 is 9.64 Å². The van der Waals surface area contributed by atoms with Crippen LogP contribution in [0.15, 0.2) is 65.8 Å². The van der Waals surface area contributed by atoms with E-state index in [0.29, 0.717) is 6.42 Å². The summed E-state index contributed by atoms with van der Waals surface area (Å²) in [6, 6.07) is 12.0. The van der Waals surface area contributed by atoms with Crippen LogP contribution in [0.4, 0.5) is 9.18 Å². The molecule has 1 N–H and O–H groups in total. The zero-order valence-corrected chi connectivity index (χ0v) is 20.6. The van der Waals surface area contributed by atoms with Crippen molar-refractivity contribution in [1.82, 2.24) is 14.6 Å². The summed E-state index contributed by atoms with van der Waals surface area (Å²) < 4.78 is 47.3. The van der Waals surface area contributed by atoms with Crippen LogP contribution in [-0.2, 0) is 21.2 Å². The number of benzene rings is 2. The van der Waals surface area contributed by atoms with E-state index < -0.39 is 27.8 Å². The first-order valence-electron chi connectivity index (χ1n) is 11.0. The van der Waals surface area contributed by atoms with Gasteiger partial charge >= 0.3 is 6.09 Å².